The molecular weight excluding hydrogens is 358 g/mol. The number of nitrogens with zero attached hydrogens (tertiary/aromatic N) is 1. The minimum absolute atomic E-state index is 0.0417. The number of hydrogen-bond acceptors (Lipinski definition) is 5. The number of sulfonamides is 1. The maximum atomic E-state index is 12.5. The third-order valence-electron chi connectivity index (χ3n) is 4.63. The van der Waals surface area contributed by atoms with Crippen molar-refractivity contribution in [3.05, 3.63) is 17.0 Å². The average molecular weight is 388 g/mol. The van der Waals surface area contributed by atoms with Crippen LogP contribution in [-0.2, 0) is 21.4 Å². The van der Waals surface area contributed by atoms with Gasteiger partial charge in [-0.15, -0.1) is 11.3 Å². The van der Waals surface area contributed by atoms with Gasteiger partial charge in [-0.3, -0.25) is 4.79 Å². The third kappa shape index (κ3) is 5.77. The molecular formula is C17H29N3O3S2. The molecule has 1 aliphatic heterocycles. The SMILES string of the molecule is CCN(CC)S(=O)(=O)c1ccc(CNC(=O)CCC2CCNCC2)s1. The molecule has 0 radical (unpaired) electrons. The molecule has 1 aromatic heterocycles. The topological polar surface area (TPSA) is 78.5 Å². The molecule has 142 valence electrons. The number of carbonyl (C=O) groups is 1. The molecule has 1 amide bonds. The van der Waals surface area contributed by atoms with Gasteiger partial charge >= 0.3 is 0 Å². The second-order valence-electron chi connectivity index (χ2n) is 6.32. The Morgan fingerprint density at radius 1 is 1.28 bits per heavy atom. The molecule has 0 spiro atoms. The largest absolute Gasteiger partial charge is 0.351 e. The van der Waals surface area contributed by atoms with E-state index in [0.717, 1.165) is 37.2 Å². The lowest BCUT2D eigenvalue weighted by Crippen LogP contribution is -2.30. The molecule has 25 heavy (non-hydrogen) atoms. The van der Waals surface area contributed by atoms with Crippen LogP contribution in [0.3, 0.4) is 0 Å². The van der Waals surface area contributed by atoms with Crippen LogP contribution in [-0.4, -0.2) is 44.8 Å². The van der Waals surface area contributed by atoms with Gasteiger partial charge in [0, 0.05) is 24.4 Å². The fraction of sp³-hybridized carbons (Fsp3) is 0.706. The second-order valence-corrected chi connectivity index (χ2v) is 9.65. The van der Waals surface area contributed by atoms with E-state index >= 15 is 0 Å². The molecule has 0 aromatic carbocycles. The molecule has 1 aromatic rings. The fourth-order valence-corrected chi connectivity index (χ4v) is 5.97. The highest BCUT2D eigenvalue weighted by atomic mass is 32.2. The second kappa shape index (κ2) is 9.66. The Kier molecular flexibility index (Phi) is 7.86. The molecule has 0 saturated carbocycles. The molecule has 6 nitrogen and oxygen atoms in total. The average Bonchev–Trinajstić information content (AvgIpc) is 3.10. The molecule has 0 aliphatic carbocycles. The van der Waals surface area contributed by atoms with E-state index in [1.807, 2.05) is 13.8 Å². The van der Waals surface area contributed by atoms with Crippen LogP contribution in [0.15, 0.2) is 16.3 Å². The smallest absolute Gasteiger partial charge is 0.252 e. The van der Waals surface area contributed by atoms with E-state index in [0.29, 0.717) is 36.2 Å². The Hall–Kier alpha value is -0.960. The zero-order chi connectivity index (χ0) is 18.3. The number of carbonyl (C=O) groups excluding carboxylic acids is 1. The van der Waals surface area contributed by atoms with E-state index in [1.54, 1.807) is 12.1 Å². The van der Waals surface area contributed by atoms with Crippen molar-refractivity contribution in [1.29, 1.82) is 0 Å². The summed E-state index contributed by atoms with van der Waals surface area (Å²) in [5, 5.41) is 6.24. The Bertz CT molecular complexity index is 648. The minimum Gasteiger partial charge on any atom is -0.351 e. The van der Waals surface area contributed by atoms with E-state index in [1.165, 1.54) is 15.6 Å². The first-order valence-corrected chi connectivity index (χ1v) is 11.3. The molecule has 0 bridgehead atoms. The molecule has 0 atom stereocenters. The van der Waals surface area contributed by atoms with Crippen LogP contribution in [0.2, 0.25) is 0 Å². The molecule has 0 unspecified atom stereocenters. The Morgan fingerprint density at radius 2 is 1.96 bits per heavy atom. The number of hydrogen-bond donors (Lipinski definition) is 2. The van der Waals surface area contributed by atoms with Crippen molar-refractivity contribution in [3.8, 4) is 0 Å². The summed E-state index contributed by atoms with van der Waals surface area (Å²) in [5.41, 5.74) is 0. The number of piperidine rings is 1. The predicted molar refractivity (Wildman–Crippen MR) is 101 cm³/mol. The highest BCUT2D eigenvalue weighted by Crippen LogP contribution is 2.25. The van der Waals surface area contributed by atoms with Crippen LogP contribution < -0.4 is 10.6 Å². The molecule has 2 heterocycles. The maximum absolute atomic E-state index is 12.5. The first-order valence-electron chi connectivity index (χ1n) is 9.03. The lowest BCUT2D eigenvalue weighted by molar-refractivity contribution is -0.121. The van der Waals surface area contributed by atoms with Gasteiger partial charge in [0.05, 0.1) is 6.54 Å². The standard InChI is InChI=1S/C17H29N3O3S2/c1-3-20(4-2)25(22,23)17-8-6-15(24-17)13-19-16(21)7-5-14-9-11-18-12-10-14/h6,8,14,18H,3-5,7,9-13H2,1-2H3,(H,19,21). The van der Waals surface area contributed by atoms with Gasteiger partial charge in [-0.05, 0) is 50.4 Å². The number of thiophene rings is 1. The van der Waals surface area contributed by atoms with Crippen molar-refractivity contribution in [2.45, 2.75) is 50.3 Å². The van der Waals surface area contributed by atoms with Crippen molar-refractivity contribution in [3.63, 3.8) is 0 Å². The Balaban J connectivity index is 1.81. The monoisotopic (exact) mass is 387 g/mol. The third-order valence-corrected chi connectivity index (χ3v) is 8.24. The number of nitrogens with one attached hydrogen (secondary N) is 2. The quantitative estimate of drug-likeness (QED) is 0.681. The molecule has 8 heteroatoms. The van der Waals surface area contributed by atoms with Crippen LogP contribution >= 0.6 is 11.3 Å². The summed E-state index contributed by atoms with van der Waals surface area (Å²) in [7, 11) is -3.41. The van der Waals surface area contributed by atoms with Crippen molar-refractivity contribution in [2.24, 2.45) is 5.92 Å². The summed E-state index contributed by atoms with van der Waals surface area (Å²) in [4.78, 5) is 12.9. The fourth-order valence-electron chi connectivity index (χ4n) is 3.06. The summed E-state index contributed by atoms with van der Waals surface area (Å²) in [6.07, 6.45) is 3.76. The summed E-state index contributed by atoms with van der Waals surface area (Å²) in [6, 6.07) is 3.42. The van der Waals surface area contributed by atoms with Crippen LogP contribution in [0.1, 0.15) is 44.4 Å². The van der Waals surface area contributed by atoms with Gasteiger partial charge in [0.25, 0.3) is 10.0 Å². The van der Waals surface area contributed by atoms with E-state index in [9.17, 15) is 13.2 Å². The minimum atomic E-state index is -3.41. The van der Waals surface area contributed by atoms with Crippen LogP contribution in [0.25, 0.3) is 0 Å². The lowest BCUT2D eigenvalue weighted by atomic mass is 9.93. The zero-order valence-electron chi connectivity index (χ0n) is 15.1. The molecule has 1 saturated heterocycles. The highest BCUT2D eigenvalue weighted by molar-refractivity contribution is 7.91. The number of amides is 1. The van der Waals surface area contributed by atoms with E-state index in [-0.39, 0.29) is 5.91 Å². The summed E-state index contributed by atoms with van der Waals surface area (Å²) < 4.78 is 26.7. The summed E-state index contributed by atoms with van der Waals surface area (Å²) in [6.45, 7) is 7.06. The van der Waals surface area contributed by atoms with E-state index < -0.39 is 10.0 Å². The Labute approximate surface area is 155 Å². The van der Waals surface area contributed by atoms with Gasteiger partial charge in [0.15, 0.2) is 0 Å². The molecule has 1 fully saturated rings. The van der Waals surface area contributed by atoms with Crippen molar-refractivity contribution in [2.75, 3.05) is 26.2 Å². The van der Waals surface area contributed by atoms with Gasteiger partial charge in [-0.25, -0.2) is 8.42 Å². The van der Waals surface area contributed by atoms with Crippen molar-refractivity contribution < 1.29 is 13.2 Å². The first-order chi connectivity index (χ1) is 12.0. The summed E-state index contributed by atoms with van der Waals surface area (Å²) >= 11 is 1.23. The van der Waals surface area contributed by atoms with Gasteiger partial charge < -0.3 is 10.6 Å². The molecule has 1 aliphatic rings. The molecule has 2 rings (SSSR count). The van der Waals surface area contributed by atoms with Crippen LogP contribution in [0, 0.1) is 5.92 Å². The van der Waals surface area contributed by atoms with Gasteiger partial charge in [0.1, 0.15) is 4.21 Å². The first kappa shape index (κ1) is 20.4. The number of rotatable bonds is 9. The van der Waals surface area contributed by atoms with Gasteiger partial charge in [-0.1, -0.05) is 13.8 Å². The molecule has 2 N–H and O–H groups in total. The zero-order valence-corrected chi connectivity index (χ0v) is 16.7. The highest BCUT2D eigenvalue weighted by Gasteiger charge is 2.23. The van der Waals surface area contributed by atoms with Gasteiger partial charge in [-0.2, -0.15) is 4.31 Å². The lowest BCUT2D eigenvalue weighted by Gasteiger charge is -2.22. The van der Waals surface area contributed by atoms with E-state index in [2.05, 4.69) is 10.6 Å². The van der Waals surface area contributed by atoms with Crippen LogP contribution in [0.5, 0.6) is 0 Å². The predicted octanol–water partition coefficient (Wildman–Crippen LogP) is 2.17. The van der Waals surface area contributed by atoms with Gasteiger partial charge in [0.2, 0.25) is 5.91 Å². The van der Waals surface area contributed by atoms with Crippen molar-refractivity contribution in [1.82, 2.24) is 14.9 Å². The van der Waals surface area contributed by atoms with Crippen LogP contribution in [0.4, 0.5) is 0 Å². The van der Waals surface area contributed by atoms with Crippen molar-refractivity contribution >= 4 is 27.3 Å². The normalized spacial score (nSPS) is 16.3. The Morgan fingerprint density at radius 3 is 2.60 bits per heavy atom. The summed E-state index contributed by atoms with van der Waals surface area (Å²) in [5.74, 6) is 0.680. The maximum Gasteiger partial charge on any atom is 0.252 e. The van der Waals surface area contributed by atoms with E-state index in [4.69, 9.17) is 0 Å².